The molecule has 0 amide bonds. The molecule has 0 radical (unpaired) electrons. The molecule has 1 aliphatic rings. The minimum absolute atomic E-state index is 0.0440. The summed E-state index contributed by atoms with van der Waals surface area (Å²) in [4.78, 5) is 1.34. The van der Waals surface area contributed by atoms with Crippen LogP contribution in [0.3, 0.4) is 0 Å². The van der Waals surface area contributed by atoms with E-state index < -0.39 is 12.5 Å². The van der Waals surface area contributed by atoms with Gasteiger partial charge in [0.2, 0.25) is 0 Å². The molecule has 5 heteroatoms. The number of rotatable bonds is 4. The zero-order valence-corrected chi connectivity index (χ0v) is 9.64. The van der Waals surface area contributed by atoms with E-state index in [-0.39, 0.29) is 12.6 Å². The molecule has 2 N–H and O–H groups in total. The smallest absolute Gasteiger partial charge is 0.265 e. The summed E-state index contributed by atoms with van der Waals surface area (Å²) >= 11 is 1.72. The van der Waals surface area contributed by atoms with Gasteiger partial charge in [0.15, 0.2) is 0 Å². The molecular weight excluding hydrogens is 232 g/mol. The van der Waals surface area contributed by atoms with Crippen LogP contribution in [0.4, 0.5) is 8.78 Å². The second kappa shape index (κ2) is 5.21. The number of hydrogen-bond donors (Lipinski definition) is 2. The summed E-state index contributed by atoms with van der Waals surface area (Å²) in [7, 11) is 0. The van der Waals surface area contributed by atoms with Crippen molar-refractivity contribution in [1.29, 1.82) is 0 Å². The van der Waals surface area contributed by atoms with Crippen molar-refractivity contribution in [2.75, 3.05) is 6.54 Å². The highest BCUT2D eigenvalue weighted by Gasteiger charge is 2.23. The van der Waals surface area contributed by atoms with Gasteiger partial charge < -0.3 is 10.4 Å². The number of nitrogens with one attached hydrogen (secondary N) is 1. The molecule has 0 aliphatic heterocycles. The zero-order chi connectivity index (χ0) is 11.5. The lowest BCUT2D eigenvalue weighted by atomic mass is 9.94. The van der Waals surface area contributed by atoms with E-state index in [0.717, 1.165) is 19.3 Å². The topological polar surface area (TPSA) is 32.3 Å². The van der Waals surface area contributed by atoms with Gasteiger partial charge in [-0.2, -0.15) is 0 Å². The Labute approximate surface area is 97.3 Å². The van der Waals surface area contributed by atoms with Crippen LogP contribution >= 0.6 is 11.3 Å². The van der Waals surface area contributed by atoms with E-state index in [1.165, 1.54) is 10.4 Å². The molecular formula is C11H15F2NOS. The lowest BCUT2D eigenvalue weighted by molar-refractivity contribution is -0.00489. The predicted molar refractivity (Wildman–Crippen MR) is 60.0 cm³/mol. The van der Waals surface area contributed by atoms with Gasteiger partial charge in [0.05, 0.1) is 0 Å². The first-order valence-corrected chi connectivity index (χ1v) is 6.32. The van der Waals surface area contributed by atoms with Crippen molar-refractivity contribution in [2.45, 2.75) is 37.8 Å². The highest BCUT2D eigenvalue weighted by molar-refractivity contribution is 7.10. The minimum atomic E-state index is -2.67. The first kappa shape index (κ1) is 12.0. The van der Waals surface area contributed by atoms with Crippen molar-refractivity contribution in [3.05, 3.63) is 21.9 Å². The number of aliphatic hydroxyl groups is 1. The van der Waals surface area contributed by atoms with E-state index in [9.17, 15) is 8.78 Å². The third-order valence-corrected chi connectivity index (χ3v) is 3.91. The summed E-state index contributed by atoms with van der Waals surface area (Å²) in [5, 5.41) is 14.1. The fourth-order valence-electron chi connectivity index (χ4n) is 2.05. The van der Waals surface area contributed by atoms with Gasteiger partial charge in [-0.1, -0.05) is 0 Å². The van der Waals surface area contributed by atoms with Crippen LogP contribution in [0.1, 0.15) is 29.3 Å². The van der Waals surface area contributed by atoms with Crippen molar-refractivity contribution in [2.24, 2.45) is 0 Å². The summed E-state index contributed by atoms with van der Waals surface area (Å²) in [6, 6.07) is 2.18. The number of aliphatic hydroxyl groups excluding tert-OH is 1. The molecule has 0 fully saturated rings. The van der Waals surface area contributed by atoms with E-state index in [1.54, 1.807) is 11.3 Å². The molecule has 0 spiro atoms. The summed E-state index contributed by atoms with van der Waals surface area (Å²) in [6.45, 7) is -0.0440. The Morgan fingerprint density at radius 3 is 3.12 bits per heavy atom. The summed E-state index contributed by atoms with van der Waals surface area (Å²) in [5.74, 6) is 0. The summed E-state index contributed by atoms with van der Waals surface area (Å²) in [6.07, 6.45) is -1.11. The molecule has 1 aromatic rings. The largest absolute Gasteiger partial charge is 0.386 e. The number of aryl methyl sites for hydroxylation is 1. The molecule has 0 bridgehead atoms. The SMILES string of the molecule is OC(CNC1CCCc2sccc21)C(F)F. The number of thiophene rings is 1. The zero-order valence-electron chi connectivity index (χ0n) is 8.83. The second-order valence-corrected chi connectivity index (χ2v) is 5.05. The minimum Gasteiger partial charge on any atom is -0.386 e. The monoisotopic (exact) mass is 247 g/mol. The molecule has 2 atom stereocenters. The van der Waals surface area contributed by atoms with Crippen LogP contribution in [0.2, 0.25) is 0 Å². The normalized spacial score (nSPS) is 22.1. The molecule has 16 heavy (non-hydrogen) atoms. The first-order chi connectivity index (χ1) is 7.68. The fourth-order valence-corrected chi connectivity index (χ4v) is 3.04. The van der Waals surface area contributed by atoms with Gasteiger partial charge >= 0.3 is 0 Å². The molecule has 2 rings (SSSR count). The Balaban J connectivity index is 1.93. The summed E-state index contributed by atoms with van der Waals surface area (Å²) in [5.41, 5.74) is 1.22. The lowest BCUT2D eigenvalue weighted by Crippen LogP contribution is -2.35. The van der Waals surface area contributed by atoms with E-state index >= 15 is 0 Å². The fraction of sp³-hybridized carbons (Fsp3) is 0.636. The molecule has 1 aliphatic carbocycles. The van der Waals surface area contributed by atoms with Gasteiger partial charge in [0.25, 0.3) is 6.43 Å². The number of alkyl halides is 2. The average Bonchev–Trinajstić information content (AvgIpc) is 2.73. The Hall–Kier alpha value is -0.520. The van der Waals surface area contributed by atoms with Gasteiger partial charge in [-0.15, -0.1) is 11.3 Å². The predicted octanol–water partition coefficient (Wildman–Crippen LogP) is 2.34. The Morgan fingerprint density at radius 1 is 1.56 bits per heavy atom. The summed E-state index contributed by atoms with van der Waals surface area (Å²) < 4.78 is 24.3. The molecule has 0 aromatic carbocycles. The van der Waals surface area contributed by atoms with Crippen LogP contribution in [0, 0.1) is 0 Å². The van der Waals surface area contributed by atoms with Crippen LogP contribution in [0.25, 0.3) is 0 Å². The molecule has 1 heterocycles. The van der Waals surface area contributed by atoms with Crippen LogP contribution < -0.4 is 5.32 Å². The van der Waals surface area contributed by atoms with E-state index in [4.69, 9.17) is 5.11 Å². The number of hydrogen-bond acceptors (Lipinski definition) is 3. The van der Waals surface area contributed by atoms with Crippen LogP contribution in [0.5, 0.6) is 0 Å². The van der Waals surface area contributed by atoms with Crippen molar-refractivity contribution in [3.63, 3.8) is 0 Å². The van der Waals surface area contributed by atoms with Crippen LogP contribution in [-0.4, -0.2) is 24.2 Å². The molecule has 0 saturated carbocycles. The maximum Gasteiger partial charge on any atom is 0.265 e. The van der Waals surface area contributed by atoms with Crippen LogP contribution in [0.15, 0.2) is 11.4 Å². The number of halogens is 2. The van der Waals surface area contributed by atoms with Gasteiger partial charge in [-0.05, 0) is 36.3 Å². The highest BCUT2D eigenvalue weighted by Crippen LogP contribution is 2.33. The molecule has 1 aromatic heterocycles. The van der Waals surface area contributed by atoms with E-state index in [1.807, 2.05) is 11.4 Å². The van der Waals surface area contributed by atoms with Crippen molar-refractivity contribution >= 4 is 11.3 Å². The Kier molecular flexibility index (Phi) is 3.89. The van der Waals surface area contributed by atoms with E-state index in [0.29, 0.717) is 0 Å². The Bertz CT molecular complexity index is 342. The van der Waals surface area contributed by atoms with Crippen molar-refractivity contribution < 1.29 is 13.9 Å². The van der Waals surface area contributed by atoms with E-state index in [2.05, 4.69) is 5.32 Å². The van der Waals surface area contributed by atoms with Crippen molar-refractivity contribution in [1.82, 2.24) is 5.32 Å². The molecule has 2 nitrogen and oxygen atoms in total. The Morgan fingerprint density at radius 2 is 2.38 bits per heavy atom. The standard InChI is InChI=1S/C11H15F2NOS/c12-11(13)9(15)6-14-8-2-1-3-10-7(8)4-5-16-10/h4-5,8-9,11,14-15H,1-3,6H2. The first-order valence-electron chi connectivity index (χ1n) is 5.44. The van der Waals surface area contributed by atoms with Gasteiger partial charge in [-0.3, -0.25) is 0 Å². The van der Waals surface area contributed by atoms with Gasteiger partial charge in [0, 0.05) is 17.5 Å². The van der Waals surface area contributed by atoms with Crippen LogP contribution in [-0.2, 0) is 6.42 Å². The van der Waals surface area contributed by atoms with Gasteiger partial charge in [-0.25, -0.2) is 8.78 Å². The van der Waals surface area contributed by atoms with Gasteiger partial charge in [0.1, 0.15) is 6.10 Å². The third-order valence-electron chi connectivity index (χ3n) is 2.92. The third kappa shape index (κ3) is 2.59. The highest BCUT2D eigenvalue weighted by atomic mass is 32.1. The molecule has 2 unspecified atom stereocenters. The second-order valence-electron chi connectivity index (χ2n) is 4.05. The lowest BCUT2D eigenvalue weighted by Gasteiger charge is -2.24. The maximum atomic E-state index is 12.1. The average molecular weight is 247 g/mol. The molecule has 0 saturated heterocycles. The number of fused-ring (bicyclic) bond motifs is 1. The quantitative estimate of drug-likeness (QED) is 0.856. The molecule has 90 valence electrons. The maximum absolute atomic E-state index is 12.1. The van der Waals surface area contributed by atoms with Crippen molar-refractivity contribution in [3.8, 4) is 0 Å².